The fourth-order valence-corrected chi connectivity index (χ4v) is 1.63. The molecule has 0 aliphatic heterocycles. The molecule has 5 nitrogen and oxygen atoms in total. The largest absolute Gasteiger partial charge is 0.382 e. The fraction of sp³-hybridized carbons (Fsp3) is 0.250. The summed E-state index contributed by atoms with van der Waals surface area (Å²) in [5, 5.41) is 6.83. The van der Waals surface area contributed by atoms with E-state index in [9.17, 15) is 4.91 Å². The van der Waals surface area contributed by atoms with E-state index in [0.29, 0.717) is 5.92 Å². The topological polar surface area (TPSA) is 73.3 Å². The first-order valence-electron chi connectivity index (χ1n) is 5.40. The molecule has 0 fully saturated rings. The second-order valence-electron chi connectivity index (χ2n) is 4.16. The molecular weight excluding hydrogens is 252 g/mol. The minimum Gasteiger partial charge on any atom is -0.382 e. The van der Waals surface area contributed by atoms with Gasteiger partial charge in [-0.1, -0.05) is 26.0 Å². The van der Waals surface area contributed by atoms with Crippen LogP contribution < -0.4 is 5.73 Å². The Bertz CT molecular complexity index is 534. The van der Waals surface area contributed by atoms with Crippen molar-refractivity contribution < 1.29 is 0 Å². The normalized spacial score (nSPS) is 10.2. The van der Waals surface area contributed by atoms with Crippen molar-refractivity contribution in [2.75, 3.05) is 5.73 Å². The van der Waals surface area contributed by atoms with Gasteiger partial charge in [0.2, 0.25) is 0 Å². The summed E-state index contributed by atoms with van der Waals surface area (Å²) < 4.78 is 1.50. The molecule has 2 N–H and O–H groups in total. The maximum atomic E-state index is 10.4. The zero-order valence-electron chi connectivity index (χ0n) is 10.2. The molecule has 18 heavy (non-hydrogen) atoms. The molecule has 0 atom stereocenters. The summed E-state index contributed by atoms with van der Waals surface area (Å²) >= 11 is 0. The minimum atomic E-state index is 0. The third kappa shape index (κ3) is 2.51. The Hall–Kier alpha value is -1.88. The average Bonchev–Trinajstić information content (AvgIpc) is 2.70. The molecule has 1 aromatic heterocycles. The van der Waals surface area contributed by atoms with Crippen LogP contribution in [0.4, 0.5) is 11.5 Å². The number of halogens is 1. The summed E-state index contributed by atoms with van der Waals surface area (Å²) in [5.74, 6) is 0.739. The van der Waals surface area contributed by atoms with Crippen LogP contribution in [-0.4, -0.2) is 9.78 Å². The van der Waals surface area contributed by atoms with E-state index in [4.69, 9.17) is 5.73 Å². The molecule has 0 spiro atoms. The highest BCUT2D eigenvalue weighted by Gasteiger charge is 2.09. The van der Waals surface area contributed by atoms with Crippen molar-refractivity contribution in [3.05, 3.63) is 40.9 Å². The number of benzene rings is 1. The molecule has 0 aliphatic rings. The van der Waals surface area contributed by atoms with Crippen LogP contribution in [0, 0.1) is 4.91 Å². The summed E-state index contributed by atoms with van der Waals surface area (Å²) in [6.07, 6.45) is 1.36. The Balaban J connectivity index is 0.00000162. The van der Waals surface area contributed by atoms with Crippen LogP contribution in [0.15, 0.2) is 35.6 Å². The smallest absolute Gasteiger partial charge is 0.170 e. The van der Waals surface area contributed by atoms with Gasteiger partial charge in [-0.3, -0.25) is 0 Å². The zero-order chi connectivity index (χ0) is 12.4. The van der Waals surface area contributed by atoms with Gasteiger partial charge in [-0.05, 0) is 28.8 Å². The van der Waals surface area contributed by atoms with Crippen molar-refractivity contribution in [1.82, 2.24) is 9.78 Å². The van der Waals surface area contributed by atoms with Gasteiger partial charge in [0, 0.05) is 0 Å². The average molecular weight is 267 g/mol. The number of hydrogen-bond acceptors (Lipinski definition) is 4. The van der Waals surface area contributed by atoms with Gasteiger partial charge in [0.1, 0.15) is 0 Å². The Kier molecular flexibility index (Phi) is 4.44. The fourth-order valence-electron chi connectivity index (χ4n) is 1.63. The number of aromatic nitrogens is 2. The van der Waals surface area contributed by atoms with E-state index in [1.807, 2.05) is 24.3 Å². The third-order valence-corrected chi connectivity index (χ3v) is 2.69. The number of nitroso groups, excluding NO2 is 1. The van der Waals surface area contributed by atoms with Crippen LogP contribution in [0.5, 0.6) is 0 Å². The Morgan fingerprint density at radius 2 is 1.89 bits per heavy atom. The summed E-state index contributed by atoms with van der Waals surface area (Å²) in [4.78, 5) is 10.4. The maximum absolute atomic E-state index is 10.4. The highest BCUT2D eigenvalue weighted by Crippen LogP contribution is 2.24. The summed E-state index contributed by atoms with van der Waals surface area (Å²) in [6.45, 7) is 4.26. The summed E-state index contributed by atoms with van der Waals surface area (Å²) in [5.41, 5.74) is 7.98. The van der Waals surface area contributed by atoms with Gasteiger partial charge in [-0.25, -0.2) is 4.68 Å². The molecule has 2 aromatic rings. The maximum Gasteiger partial charge on any atom is 0.170 e. The van der Waals surface area contributed by atoms with Gasteiger partial charge in [0.25, 0.3) is 0 Å². The predicted molar refractivity (Wildman–Crippen MR) is 74.8 cm³/mol. The van der Waals surface area contributed by atoms with Gasteiger partial charge in [-0.15, -0.1) is 17.3 Å². The van der Waals surface area contributed by atoms with Gasteiger partial charge in [0.05, 0.1) is 11.9 Å². The van der Waals surface area contributed by atoms with Crippen LogP contribution in [0.2, 0.25) is 0 Å². The molecule has 0 bridgehead atoms. The number of hydrogen-bond donors (Lipinski definition) is 1. The van der Waals surface area contributed by atoms with Gasteiger partial charge in [0.15, 0.2) is 11.5 Å². The van der Waals surface area contributed by atoms with Crippen molar-refractivity contribution >= 4 is 23.9 Å². The van der Waals surface area contributed by atoms with Crippen LogP contribution in [-0.2, 0) is 0 Å². The van der Waals surface area contributed by atoms with Crippen LogP contribution >= 0.6 is 12.4 Å². The van der Waals surface area contributed by atoms with Crippen molar-refractivity contribution in [2.45, 2.75) is 19.8 Å². The lowest BCUT2D eigenvalue weighted by Crippen LogP contribution is -2.01. The first-order valence-corrected chi connectivity index (χ1v) is 5.40. The van der Waals surface area contributed by atoms with Crippen molar-refractivity contribution in [2.24, 2.45) is 5.18 Å². The van der Waals surface area contributed by atoms with Crippen molar-refractivity contribution in [3.8, 4) is 5.69 Å². The van der Waals surface area contributed by atoms with Gasteiger partial charge >= 0.3 is 0 Å². The van der Waals surface area contributed by atoms with E-state index >= 15 is 0 Å². The van der Waals surface area contributed by atoms with E-state index in [1.54, 1.807) is 0 Å². The monoisotopic (exact) mass is 266 g/mol. The second-order valence-corrected chi connectivity index (χ2v) is 4.16. The number of anilines is 1. The molecule has 1 aromatic carbocycles. The number of rotatable bonds is 3. The van der Waals surface area contributed by atoms with Crippen LogP contribution in [0.1, 0.15) is 25.3 Å². The van der Waals surface area contributed by atoms with E-state index in [2.05, 4.69) is 24.1 Å². The Morgan fingerprint density at radius 1 is 1.28 bits per heavy atom. The number of nitrogen functional groups attached to an aromatic ring is 1. The lowest BCUT2D eigenvalue weighted by Gasteiger charge is -2.07. The number of nitrogens with two attached hydrogens (primary N) is 1. The Morgan fingerprint density at radius 3 is 2.33 bits per heavy atom. The SMILES string of the molecule is CC(C)c1ccc(-n2ncc(N=O)c2N)cc1.Cl. The zero-order valence-corrected chi connectivity index (χ0v) is 11.0. The third-order valence-electron chi connectivity index (χ3n) is 2.69. The molecule has 2 rings (SSSR count). The molecule has 0 amide bonds. The molecule has 1 heterocycles. The first kappa shape index (κ1) is 14.2. The van der Waals surface area contributed by atoms with Crippen LogP contribution in [0.25, 0.3) is 5.69 Å². The summed E-state index contributed by atoms with van der Waals surface area (Å²) in [7, 11) is 0. The molecule has 0 radical (unpaired) electrons. The molecule has 0 unspecified atom stereocenters. The molecule has 96 valence electrons. The van der Waals surface area contributed by atoms with Gasteiger partial charge in [-0.2, -0.15) is 5.10 Å². The lowest BCUT2D eigenvalue weighted by molar-refractivity contribution is 0.857. The highest BCUT2D eigenvalue weighted by molar-refractivity contribution is 5.85. The minimum absolute atomic E-state index is 0. The Labute approximate surface area is 111 Å². The van der Waals surface area contributed by atoms with E-state index in [1.165, 1.54) is 16.4 Å². The van der Waals surface area contributed by atoms with Crippen molar-refractivity contribution in [3.63, 3.8) is 0 Å². The van der Waals surface area contributed by atoms with E-state index in [-0.39, 0.29) is 23.9 Å². The second kappa shape index (κ2) is 5.64. The highest BCUT2D eigenvalue weighted by atomic mass is 35.5. The quantitative estimate of drug-likeness (QED) is 0.866. The van der Waals surface area contributed by atoms with Crippen molar-refractivity contribution in [1.29, 1.82) is 0 Å². The predicted octanol–water partition coefficient (Wildman–Crippen LogP) is 3.40. The van der Waals surface area contributed by atoms with E-state index in [0.717, 1.165) is 5.69 Å². The molecule has 6 heteroatoms. The lowest BCUT2D eigenvalue weighted by atomic mass is 10.0. The van der Waals surface area contributed by atoms with E-state index < -0.39 is 0 Å². The molecule has 0 aliphatic carbocycles. The molecular formula is C12H15ClN4O. The molecule has 0 saturated carbocycles. The van der Waals surface area contributed by atoms with Gasteiger partial charge < -0.3 is 5.73 Å². The molecule has 0 saturated heterocycles. The summed E-state index contributed by atoms with van der Waals surface area (Å²) in [6, 6.07) is 7.89. The number of nitrogens with zero attached hydrogens (tertiary/aromatic N) is 3. The van der Waals surface area contributed by atoms with Crippen LogP contribution in [0.3, 0.4) is 0 Å². The standard InChI is InChI=1S/C12H14N4O.ClH/c1-8(2)9-3-5-10(6-4-9)16-12(13)11(15-17)7-14-16;/h3-8H,13H2,1-2H3;1H. The first-order chi connectivity index (χ1) is 8.13.